The molecule has 1 aliphatic rings. The van der Waals surface area contributed by atoms with Crippen molar-refractivity contribution >= 4 is 0 Å². The van der Waals surface area contributed by atoms with Gasteiger partial charge < -0.3 is 4.98 Å². The van der Waals surface area contributed by atoms with Crippen molar-refractivity contribution in [2.45, 2.75) is 19.3 Å². The standard InChI is InChI=1S/C11H9N/c1-2-4-6-10-8-9-11(12-10)7-5-3-1/h8-9,12H,1,6-7H2. The maximum absolute atomic E-state index is 3.28. The van der Waals surface area contributed by atoms with E-state index in [1.54, 1.807) is 0 Å². The summed E-state index contributed by atoms with van der Waals surface area (Å²) >= 11 is 0. The second kappa shape index (κ2) is 3.20. The van der Waals surface area contributed by atoms with Crippen LogP contribution in [0.5, 0.6) is 0 Å². The molecule has 1 aromatic rings. The average molecular weight is 155 g/mol. The lowest BCUT2D eigenvalue weighted by atomic mass is 10.3. The van der Waals surface area contributed by atoms with Crippen molar-refractivity contribution in [1.82, 2.24) is 4.98 Å². The van der Waals surface area contributed by atoms with Gasteiger partial charge in [-0.2, -0.15) is 0 Å². The molecular weight excluding hydrogens is 146 g/mol. The molecule has 1 aromatic heterocycles. The Morgan fingerprint density at radius 3 is 2.08 bits per heavy atom. The number of H-pyrrole nitrogens is 1. The zero-order valence-electron chi connectivity index (χ0n) is 6.78. The molecule has 2 bridgehead atoms. The Kier molecular flexibility index (Phi) is 1.88. The molecule has 2 heterocycles. The van der Waals surface area contributed by atoms with Gasteiger partial charge >= 0.3 is 0 Å². The summed E-state index contributed by atoms with van der Waals surface area (Å²) in [5.74, 6) is 12.2. The predicted molar refractivity (Wildman–Crippen MR) is 48.4 cm³/mol. The molecular formula is C11H9N. The molecule has 0 aliphatic carbocycles. The zero-order chi connectivity index (χ0) is 8.23. The van der Waals surface area contributed by atoms with Crippen LogP contribution in [0.15, 0.2) is 12.1 Å². The first-order chi connectivity index (χ1) is 5.95. The molecule has 1 N–H and O–H groups in total. The van der Waals surface area contributed by atoms with E-state index in [1.807, 2.05) is 0 Å². The first-order valence-electron chi connectivity index (χ1n) is 4.03. The van der Waals surface area contributed by atoms with Crippen molar-refractivity contribution in [1.29, 1.82) is 0 Å². The maximum Gasteiger partial charge on any atom is 0.0702 e. The fourth-order valence-electron chi connectivity index (χ4n) is 1.18. The van der Waals surface area contributed by atoms with Gasteiger partial charge in [-0.1, -0.05) is 23.7 Å². The van der Waals surface area contributed by atoms with Crippen LogP contribution in [0.3, 0.4) is 0 Å². The number of hydrogen-bond acceptors (Lipinski definition) is 0. The van der Waals surface area contributed by atoms with Gasteiger partial charge in [0.05, 0.1) is 6.42 Å². The van der Waals surface area contributed by atoms with E-state index in [-0.39, 0.29) is 0 Å². The summed E-state index contributed by atoms with van der Waals surface area (Å²) in [6.45, 7) is 0. The van der Waals surface area contributed by atoms with E-state index in [0.717, 1.165) is 12.8 Å². The minimum absolute atomic E-state index is 0.709. The molecule has 0 unspecified atom stereocenters. The summed E-state index contributed by atoms with van der Waals surface area (Å²) in [6, 6.07) is 4.16. The highest BCUT2D eigenvalue weighted by Crippen LogP contribution is 2.03. The van der Waals surface area contributed by atoms with E-state index < -0.39 is 0 Å². The summed E-state index contributed by atoms with van der Waals surface area (Å²) < 4.78 is 0. The largest absolute Gasteiger partial charge is 0.361 e. The Bertz CT molecular complexity index is 353. The van der Waals surface area contributed by atoms with Gasteiger partial charge in [-0.15, -0.1) is 0 Å². The van der Waals surface area contributed by atoms with Gasteiger partial charge in [-0.3, -0.25) is 0 Å². The monoisotopic (exact) mass is 155 g/mol. The van der Waals surface area contributed by atoms with Crippen LogP contribution in [0.4, 0.5) is 0 Å². The first-order valence-corrected chi connectivity index (χ1v) is 4.03. The number of hydrogen-bond donors (Lipinski definition) is 1. The van der Waals surface area contributed by atoms with Crippen LogP contribution in [0.1, 0.15) is 17.8 Å². The molecule has 58 valence electrons. The summed E-state index contributed by atoms with van der Waals surface area (Å²) in [4.78, 5) is 3.28. The smallest absolute Gasteiger partial charge is 0.0702 e. The molecule has 1 nitrogen and oxygen atoms in total. The average Bonchev–Trinajstić information content (AvgIpc) is 2.51. The third-order valence-electron chi connectivity index (χ3n) is 1.79. The van der Waals surface area contributed by atoms with Crippen molar-refractivity contribution in [2.24, 2.45) is 0 Å². The highest BCUT2D eigenvalue weighted by Gasteiger charge is 1.95. The van der Waals surface area contributed by atoms with Crippen LogP contribution < -0.4 is 0 Å². The molecule has 0 saturated carbocycles. The molecule has 0 radical (unpaired) electrons. The highest BCUT2D eigenvalue weighted by atomic mass is 14.7. The van der Waals surface area contributed by atoms with Crippen LogP contribution >= 0.6 is 0 Å². The maximum atomic E-state index is 3.28. The second-order valence-corrected chi connectivity index (χ2v) is 2.75. The Morgan fingerprint density at radius 1 is 0.917 bits per heavy atom. The van der Waals surface area contributed by atoms with Gasteiger partial charge in [0, 0.05) is 24.2 Å². The first kappa shape index (κ1) is 7.07. The molecule has 1 aliphatic heterocycles. The molecule has 0 spiro atoms. The van der Waals surface area contributed by atoms with Gasteiger partial charge in [0.25, 0.3) is 0 Å². The lowest BCUT2D eigenvalue weighted by molar-refractivity contribution is 1.09. The van der Waals surface area contributed by atoms with Crippen molar-refractivity contribution in [3.63, 3.8) is 0 Å². The molecule has 12 heavy (non-hydrogen) atoms. The van der Waals surface area contributed by atoms with E-state index in [9.17, 15) is 0 Å². The van der Waals surface area contributed by atoms with Crippen molar-refractivity contribution in [2.75, 3.05) is 0 Å². The molecule has 0 amide bonds. The van der Waals surface area contributed by atoms with E-state index >= 15 is 0 Å². The third-order valence-corrected chi connectivity index (χ3v) is 1.79. The molecule has 0 atom stereocenters. The minimum atomic E-state index is 0.709. The van der Waals surface area contributed by atoms with Crippen molar-refractivity contribution < 1.29 is 0 Å². The van der Waals surface area contributed by atoms with Gasteiger partial charge in [-0.05, 0) is 12.1 Å². The molecule has 1 heteroatoms. The van der Waals surface area contributed by atoms with E-state index in [2.05, 4.69) is 40.8 Å². The predicted octanol–water partition coefficient (Wildman–Crippen LogP) is 1.51. The summed E-state index contributed by atoms with van der Waals surface area (Å²) in [5.41, 5.74) is 2.39. The summed E-state index contributed by atoms with van der Waals surface area (Å²) in [6.07, 6.45) is 2.35. The van der Waals surface area contributed by atoms with Crippen LogP contribution in [0.25, 0.3) is 0 Å². The van der Waals surface area contributed by atoms with Crippen LogP contribution in [0.2, 0.25) is 0 Å². The van der Waals surface area contributed by atoms with Gasteiger partial charge in [0.2, 0.25) is 0 Å². The van der Waals surface area contributed by atoms with E-state index in [4.69, 9.17) is 0 Å². The molecule has 0 fully saturated rings. The number of fused-ring (bicyclic) bond motifs is 2. The second-order valence-electron chi connectivity index (χ2n) is 2.75. The highest BCUT2D eigenvalue weighted by molar-refractivity contribution is 5.24. The normalized spacial score (nSPS) is 13.7. The topological polar surface area (TPSA) is 15.8 Å². The Balaban J connectivity index is 2.32. The Labute approximate surface area is 72.2 Å². The summed E-state index contributed by atoms with van der Waals surface area (Å²) in [5, 5.41) is 0. The summed E-state index contributed by atoms with van der Waals surface area (Å²) in [7, 11) is 0. The molecule has 0 aromatic carbocycles. The molecule has 0 saturated heterocycles. The minimum Gasteiger partial charge on any atom is -0.361 e. The number of aromatic nitrogens is 1. The quantitative estimate of drug-likeness (QED) is 0.547. The van der Waals surface area contributed by atoms with Crippen LogP contribution in [0, 0.1) is 23.7 Å². The van der Waals surface area contributed by atoms with E-state index in [1.165, 1.54) is 11.4 Å². The van der Waals surface area contributed by atoms with Gasteiger partial charge in [0.15, 0.2) is 0 Å². The SMILES string of the molecule is C1#CCc2ccc([nH]2)CC#CC1. The Hall–Kier alpha value is -1.60. The zero-order valence-corrected chi connectivity index (χ0v) is 6.78. The van der Waals surface area contributed by atoms with Gasteiger partial charge in [0.1, 0.15) is 0 Å². The van der Waals surface area contributed by atoms with Crippen molar-refractivity contribution in [3.8, 4) is 23.7 Å². The lowest BCUT2D eigenvalue weighted by Crippen LogP contribution is -1.86. The lowest BCUT2D eigenvalue weighted by Gasteiger charge is -1.90. The number of rotatable bonds is 0. The fraction of sp³-hybridized carbons (Fsp3) is 0.273. The fourth-order valence-corrected chi connectivity index (χ4v) is 1.18. The Morgan fingerprint density at radius 2 is 1.50 bits per heavy atom. The van der Waals surface area contributed by atoms with Crippen molar-refractivity contribution in [3.05, 3.63) is 23.5 Å². The van der Waals surface area contributed by atoms with Crippen LogP contribution in [-0.4, -0.2) is 4.98 Å². The van der Waals surface area contributed by atoms with E-state index in [0.29, 0.717) is 6.42 Å². The number of aromatic amines is 1. The molecule has 2 rings (SSSR count). The number of nitrogens with one attached hydrogen (secondary N) is 1. The van der Waals surface area contributed by atoms with Gasteiger partial charge in [-0.25, -0.2) is 0 Å². The third kappa shape index (κ3) is 1.52. The van der Waals surface area contributed by atoms with Crippen LogP contribution in [-0.2, 0) is 12.8 Å².